The smallest absolute Gasteiger partial charge is 0.120 e. The van der Waals surface area contributed by atoms with E-state index in [0.717, 1.165) is 5.75 Å². The van der Waals surface area contributed by atoms with E-state index in [1.54, 1.807) is 0 Å². The van der Waals surface area contributed by atoms with Crippen molar-refractivity contribution in [3.63, 3.8) is 0 Å². The molecule has 1 aromatic rings. The number of halogens is 1. The lowest BCUT2D eigenvalue weighted by atomic mass is 10.3. The third kappa shape index (κ3) is 4.31. The van der Waals surface area contributed by atoms with Crippen molar-refractivity contribution in [3.05, 3.63) is 39.5 Å². The first-order valence-electron chi connectivity index (χ1n) is 4.20. The van der Waals surface area contributed by atoms with E-state index >= 15 is 0 Å². The van der Waals surface area contributed by atoms with Gasteiger partial charge >= 0.3 is 0 Å². The highest BCUT2D eigenvalue weighted by molar-refractivity contribution is 14.1. The molecule has 1 rings (SSSR count). The minimum Gasteiger partial charge on any atom is -0.489 e. The molecule has 0 fully saturated rings. The van der Waals surface area contributed by atoms with E-state index in [1.807, 2.05) is 24.3 Å². The third-order valence-electron chi connectivity index (χ3n) is 1.54. The standard InChI is InChI=1S/C11H13IO/c1-9(2)6-7-13-11-5-3-4-10(12)8-11/h3-6,8H,7H2,1-2H3. The van der Waals surface area contributed by atoms with Gasteiger partial charge in [0, 0.05) is 3.57 Å². The van der Waals surface area contributed by atoms with Gasteiger partial charge in [0.2, 0.25) is 0 Å². The molecule has 0 unspecified atom stereocenters. The van der Waals surface area contributed by atoms with Crippen LogP contribution in [0.15, 0.2) is 35.9 Å². The molecule has 1 nitrogen and oxygen atoms in total. The van der Waals surface area contributed by atoms with Crippen LogP contribution >= 0.6 is 22.6 Å². The lowest BCUT2D eigenvalue weighted by molar-refractivity contribution is 0.362. The van der Waals surface area contributed by atoms with Crippen LogP contribution in [0.1, 0.15) is 13.8 Å². The van der Waals surface area contributed by atoms with E-state index in [2.05, 4.69) is 42.5 Å². The first-order chi connectivity index (χ1) is 6.18. The third-order valence-corrected chi connectivity index (χ3v) is 2.21. The molecule has 2 heteroatoms. The summed E-state index contributed by atoms with van der Waals surface area (Å²) >= 11 is 2.28. The Morgan fingerprint density at radius 2 is 2.23 bits per heavy atom. The van der Waals surface area contributed by atoms with Gasteiger partial charge in [0.15, 0.2) is 0 Å². The van der Waals surface area contributed by atoms with Crippen LogP contribution in [0.25, 0.3) is 0 Å². The van der Waals surface area contributed by atoms with Gasteiger partial charge in [-0.1, -0.05) is 11.6 Å². The van der Waals surface area contributed by atoms with Crippen LogP contribution in [0, 0.1) is 3.57 Å². The van der Waals surface area contributed by atoms with Gasteiger partial charge in [0.1, 0.15) is 12.4 Å². The Balaban J connectivity index is 2.50. The van der Waals surface area contributed by atoms with Crippen LogP contribution in [-0.2, 0) is 0 Å². The zero-order chi connectivity index (χ0) is 9.68. The lowest BCUT2D eigenvalue weighted by Gasteiger charge is -2.03. The fraction of sp³-hybridized carbons (Fsp3) is 0.273. The minimum atomic E-state index is 0.655. The number of hydrogen-bond acceptors (Lipinski definition) is 1. The average molecular weight is 288 g/mol. The van der Waals surface area contributed by atoms with E-state index in [1.165, 1.54) is 9.14 Å². The maximum atomic E-state index is 5.52. The monoisotopic (exact) mass is 288 g/mol. The van der Waals surface area contributed by atoms with Crippen molar-refractivity contribution < 1.29 is 4.74 Å². The normalized spacial score (nSPS) is 9.46. The van der Waals surface area contributed by atoms with Gasteiger partial charge in [-0.3, -0.25) is 0 Å². The number of allylic oxidation sites excluding steroid dienone is 1. The molecule has 1 aromatic carbocycles. The Hall–Kier alpha value is -0.510. The van der Waals surface area contributed by atoms with Crippen molar-refractivity contribution >= 4 is 22.6 Å². The molecule has 70 valence electrons. The first-order valence-corrected chi connectivity index (χ1v) is 5.28. The molecule has 0 bridgehead atoms. The minimum absolute atomic E-state index is 0.655. The molecule has 0 aliphatic rings. The van der Waals surface area contributed by atoms with Crippen molar-refractivity contribution in [1.82, 2.24) is 0 Å². The molecule has 0 aromatic heterocycles. The van der Waals surface area contributed by atoms with Gasteiger partial charge in [-0.2, -0.15) is 0 Å². The molecule has 0 aliphatic heterocycles. The number of ether oxygens (including phenoxy) is 1. The van der Waals surface area contributed by atoms with Crippen LogP contribution in [0.5, 0.6) is 5.75 Å². The van der Waals surface area contributed by atoms with Crippen molar-refractivity contribution in [2.75, 3.05) is 6.61 Å². The van der Waals surface area contributed by atoms with Crippen molar-refractivity contribution in [1.29, 1.82) is 0 Å². The number of benzene rings is 1. The SMILES string of the molecule is CC(C)=CCOc1cccc(I)c1. The molecule has 0 spiro atoms. The second kappa shape index (κ2) is 5.27. The van der Waals surface area contributed by atoms with Crippen molar-refractivity contribution in [2.24, 2.45) is 0 Å². The van der Waals surface area contributed by atoms with Gasteiger partial charge in [0.05, 0.1) is 0 Å². The summed E-state index contributed by atoms with van der Waals surface area (Å²) in [5.41, 5.74) is 1.28. The summed E-state index contributed by atoms with van der Waals surface area (Å²) in [6.45, 7) is 4.79. The summed E-state index contributed by atoms with van der Waals surface area (Å²) in [5.74, 6) is 0.935. The summed E-state index contributed by atoms with van der Waals surface area (Å²) < 4.78 is 6.72. The summed E-state index contributed by atoms with van der Waals surface area (Å²) in [6, 6.07) is 8.05. The highest BCUT2D eigenvalue weighted by Gasteiger charge is 1.91. The second-order valence-corrected chi connectivity index (χ2v) is 4.30. The summed E-state index contributed by atoms with van der Waals surface area (Å²) in [7, 11) is 0. The Morgan fingerprint density at radius 1 is 1.46 bits per heavy atom. The number of rotatable bonds is 3. The maximum Gasteiger partial charge on any atom is 0.120 e. The number of hydrogen-bond donors (Lipinski definition) is 0. The Bertz CT molecular complexity index is 301. The summed E-state index contributed by atoms with van der Waals surface area (Å²) in [6.07, 6.45) is 2.07. The predicted molar refractivity (Wildman–Crippen MR) is 64.1 cm³/mol. The van der Waals surface area contributed by atoms with Crippen molar-refractivity contribution in [2.45, 2.75) is 13.8 Å². The van der Waals surface area contributed by atoms with Gasteiger partial charge in [-0.05, 0) is 60.7 Å². The quantitative estimate of drug-likeness (QED) is 0.609. The fourth-order valence-corrected chi connectivity index (χ4v) is 1.38. The van der Waals surface area contributed by atoms with E-state index in [-0.39, 0.29) is 0 Å². The average Bonchev–Trinajstić information content (AvgIpc) is 2.03. The molecule has 13 heavy (non-hydrogen) atoms. The Kier molecular flexibility index (Phi) is 4.28. The van der Waals surface area contributed by atoms with Crippen LogP contribution in [0.3, 0.4) is 0 Å². The van der Waals surface area contributed by atoms with E-state index in [4.69, 9.17) is 4.74 Å². The van der Waals surface area contributed by atoms with Crippen LogP contribution in [-0.4, -0.2) is 6.61 Å². The van der Waals surface area contributed by atoms with E-state index in [9.17, 15) is 0 Å². The van der Waals surface area contributed by atoms with Gasteiger partial charge in [-0.25, -0.2) is 0 Å². The molecule has 0 heterocycles. The van der Waals surface area contributed by atoms with E-state index in [0.29, 0.717) is 6.61 Å². The molecular weight excluding hydrogens is 275 g/mol. The highest BCUT2D eigenvalue weighted by Crippen LogP contribution is 2.14. The second-order valence-electron chi connectivity index (χ2n) is 3.05. The topological polar surface area (TPSA) is 9.23 Å². The molecule has 0 N–H and O–H groups in total. The first kappa shape index (κ1) is 10.6. The predicted octanol–water partition coefficient (Wildman–Crippen LogP) is 3.64. The molecule has 0 atom stereocenters. The fourth-order valence-electron chi connectivity index (χ4n) is 0.861. The molecule has 0 saturated carbocycles. The molecule has 0 saturated heterocycles. The Morgan fingerprint density at radius 3 is 2.85 bits per heavy atom. The zero-order valence-corrected chi connectivity index (χ0v) is 10.0. The van der Waals surface area contributed by atoms with Crippen molar-refractivity contribution in [3.8, 4) is 5.75 Å². The summed E-state index contributed by atoms with van der Waals surface area (Å²) in [4.78, 5) is 0. The van der Waals surface area contributed by atoms with Gasteiger partial charge in [-0.15, -0.1) is 0 Å². The Labute approximate surface area is 92.9 Å². The van der Waals surface area contributed by atoms with Crippen LogP contribution in [0.2, 0.25) is 0 Å². The van der Waals surface area contributed by atoms with Crippen LogP contribution < -0.4 is 4.74 Å². The van der Waals surface area contributed by atoms with Crippen LogP contribution in [0.4, 0.5) is 0 Å². The lowest BCUT2D eigenvalue weighted by Crippen LogP contribution is -1.93. The van der Waals surface area contributed by atoms with E-state index < -0.39 is 0 Å². The maximum absolute atomic E-state index is 5.52. The summed E-state index contributed by atoms with van der Waals surface area (Å²) in [5, 5.41) is 0. The largest absolute Gasteiger partial charge is 0.489 e. The molecular formula is C11H13IO. The molecule has 0 amide bonds. The van der Waals surface area contributed by atoms with Gasteiger partial charge < -0.3 is 4.74 Å². The zero-order valence-electron chi connectivity index (χ0n) is 7.88. The molecule has 0 aliphatic carbocycles. The molecule has 0 radical (unpaired) electrons. The highest BCUT2D eigenvalue weighted by atomic mass is 127. The van der Waals surface area contributed by atoms with Gasteiger partial charge in [0.25, 0.3) is 0 Å².